The van der Waals surface area contributed by atoms with Crippen LogP contribution in [0.25, 0.3) is 0 Å². The van der Waals surface area contributed by atoms with Gasteiger partial charge in [0.1, 0.15) is 5.78 Å². The van der Waals surface area contributed by atoms with Crippen molar-refractivity contribution >= 4 is 5.78 Å². The van der Waals surface area contributed by atoms with Crippen LogP contribution in [0, 0.1) is 11.3 Å². The smallest absolute Gasteiger partial charge is 0.129 e. The van der Waals surface area contributed by atoms with E-state index >= 15 is 0 Å². The lowest BCUT2D eigenvalue weighted by molar-refractivity contribution is -0.117. The van der Waals surface area contributed by atoms with Crippen LogP contribution in [0.1, 0.15) is 38.2 Å². The highest BCUT2D eigenvalue weighted by molar-refractivity contribution is 5.75. The molecule has 1 aromatic rings. The lowest BCUT2D eigenvalue weighted by atomic mass is 10.1. The molecule has 0 saturated carbocycles. The molecule has 19 heavy (non-hydrogen) atoms. The van der Waals surface area contributed by atoms with Gasteiger partial charge in [-0.15, -0.1) is 0 Å². The highest BCUT2D eigenvalue weighted by atomic mass is 16.1. The van der Waals surface area contributed by atoms with Gasteiger partial charge in [-0.05, 0) is 37.9 Å². The SMILES string of the molecule is CC(=O)CCCCN(CCC#N)Cc1cccnc1. The van der Waals surface area contributed by atoms with Gasteiger partial charge in [0.15, 0.2) is 0 Å². The van der Waals surface area contributed by atoms with Crippen LogP contribution < -0.4 is 0 Å². The molecule has 0 atom stereocenters. The van der Waals surface area contributed by atoms with E-state index in [1.807, 2.05) is 18.3 Å². The van der Waals surface area contributed by atoms with E-state index in [0.717, 1.165) is 38.0 Å². The molecule has 0 aliphatic carbocycles. The zero-order chi connectivity index (χ0) is 13.9. The van der Waals surface area contributed by atoms with E-state index in [4.69, 9.17) is 5.26 Å². The third-order valence-electron chi connectivity index (χ3n) is 2.92. The maximum absolute atomic E-state index is 10.9. The predicted octanol–water partition coefficient (Wildman–Crippen LogP) is 2.56. The third-order valence-corrected chi connectivity index (χ3v) is 2.92. The largest absolute Gasteiger partial charge is 0.300 e. The summed E-state index contributed by atoms with van der Waals surface area (Å²) in [7, 11) is 0. The molecular weight excluding hydrogens is 238 g/mol. The number of Topliss-reactive ketones (excluding diaryl/α,β-unsaturated/α-hetero) is 1. The Morgan fingerprint density at radius 1 is 1.42 bits per heavy atom. The average Bonchev–Trinajstić information content (AvgIpc) is 2.41. The molecule has 0 aliphatic heterocycles. The monoisotopic (exact) mass is 259 g/mol. The standard InChI is InChI=1S/C15H21N3O/c1-14(19)6-2-3-10-18(11-5-8-16)13-15-7-4-9-17-12-15/h4,7,9,12H,2-3,5-6,10-11,13H2,1H3. The zero-order valence-electron chi connectivity index (χ0n) is 11.5. The van der Waals surface area contributed by atoms with Crippen molar-refractivity contribution in [3.05, 3.63) is 30.1 Å². The van der Waals surface area contributed by atoms with E-state index < -0.39 is 0 Å². The first kappa shape index (κ1) is 15.3. The first-order chi connectivity index (χ1) is 9.22. The Labute approximate surface area is 115 Å². The Kier molecular flexibility index (Phi) is 7.45. The molecule has 1 heterocycles. The first-order valence-corrected chi connectivity index (χ1v) is 6.70. The van der Waals surface area contributed by atoms with Crippen molar-refractivity contribution in [3.63, 3.8) is 0 Å². The van der Waals surface area contributed by atoms with Gasteiger partial charge >= 0.3 is 0 Å². The molecule has 1 aromatic heterocycles. The fourth-order valence-corrected chi connectivity index (χ4v) is 1.94. The second-order valence-corrected chi connectivity index (χ2v) is 4.70. The molecular formula is C15H21N3O. The highest BCUT2D eigenvalue weighted by Gasteiger charge is 2.06. The quantitative estimate of drug-likeness (QED) is 0.639. The number of unbranched alkanes of at least 4 members (excludes halogenated alkanes) is 1. The van der Waals surface area contributed by atoms with Gasteiger partial charge in [-0.2, -0.15) is 5.26 Å². The number of carbonyl (C=O) groups excluding carboxylic acids is 1. The number of rotatable bonds is 9. The Morgan fingerprint density at radius 2 is 2.26 bits per heavy atom. The molecule has 0 bridgehead atoms. The fourth-order valence-electron chi connectivity index (χ4n) is 1.94. The van der Waals surface area contributed by atoms with Gasteiger partial charge in [-0.25, -0.2) is 0 Å². The van der Waals surface area contributed by atoms with Crippen LogP contribution in [-0.4, -0.2) is 28.8 Å². The minimum atomic E-state index is 0.246. The fraction of sp³-hybridized carbons (Fsp3) is 0.533. The Balaban J connectivity index is 2.38. The van der Waals surface area contributed by atoms with Gasteiger partial charge in [-0.1, -0.05) is 6.07 Å². The van der Waals surface area contributed by atoms with Crippen molar-refractivity contribution in [2.45, 2.75) is 39.2 Å². The minimum absolute atomic E-state index is 0.246. The van der Waals surface area contributed by atoms with E-state index in [-0.39, 0.29) is 5.78 Å². The molecule has 0 aliphatic rings. The van der Waals surface area contributed by atoms with Crippen LogP contribution in [0.15, 0.2) is 24.5 Å². The number of ketones is 1. The van der Waals surface area contributed by atoms with Gasteiger partial charge in [0.05, 0.1) is 6.07 Å². The highest BCUT2D eigenvalue weighted by Crippen LogP contribution is 2.06. The van der Waals surface area contributed by atoms with E-state index in [0.29, 0.717) is 12.8 Å². The Hall–Kier alpha value is -1.73. The second-order valence-electron chi connectivity index (χ2n) is 4.70. The van der Waals surface area contributed by atoms with Crippen molar-refractivity contribution in [1.29, 1.82) is 5.26 Å². The molecule has 0 radical (unpaired) electrons. The lowest BCUT2D eigenvalue weighted by Gasteiger charge is -2.20. The van der Waals surface area contributed by atoms with Crippen molar-refractivity contribution < 1.29 is 4.79 Å². The van der Waals surface area contributed by atoms with Crippen LogP contribution in [0.3, 0.4) is 0 Å². The maximum Gasteiger partial charge on any atom is 0.129 e. The summed E-state index contributed by atoms with van der Waals surface area (Å²) >= 11 is 0. The maximum atomic E-state index is 10.9. The number of nitriles is 1. The lowest BCUT2D eigenvalue weighted by Crippen LogP contribution is -2.25. The van der Waals surface area contributed by atoms with Gasteiger partial charge in [0, 0.05) is 38.3 Å². The summed E-state index contributed by atoms with van der Waals surface area (Å²) in [6.07, 6.45) is 6.72. The second kappa shape index (κ2) is 9.23. The van der Waals surface area contributed by atoms with E-state index in [1.165, 1.54) is 0 Å². The number of hydrogen-bond acceptors (Lipinski definition) is 4. The average molecular weight is 259 g/mol. The van der Waals surface area contributed by atoms with Crippen molar-refractivity contribution in [2.75, 3.05) is 13.1 Å². The molecule has 0 saturated heterocycles. The number of hydrogen-bond donors (Lipinski definition) is 0. The molecule has 0 unspecified atom stereocenters. The van der Waals surface area contributed by atoms with E-state index in [2.05, 4.69) is 16.0 Å². The van der Waals surface area contributed by atoms with Crippen molar-refractivity contribution in [3.8, 4) is 6.07 Å². The van der Waals surface area contributed by atoms with Crippen LogP contribution in [-0.2, 0) is 11.3 Å². The number of pyridine rings is 1. The van der Waals surface area contributed by atoms with Crippen molar-refractivity contribution in [2.24, 2.45) is 0 Å². The molecule has 0 aromatic carbocycles. The predicted molar refractivity (Wildman–Crippen MR) is 74.3 cm³/mol. The Bertz CT molecular complexity index is 411. The molecule has 0 fully saturated rings. The summed E-state index contributed by atoms with van der Waals surface area (Å²) in [4.78, 5) is 17.2. The van der Waals surface area contributed by atoms with Crippen molar-refractivity contribution in [1.82, 2.24) is 9.88 Å². The first-order valence-electron chi connectivity index (χ1n) is 6.70. The summed E-state index contributed by atoms with van der Waals surface area (Å²) in [5.41, 5.74) is 1.16. The van der Waals surface area contributed by atoms with Gasteiger partial charge in [0.2, 0.25) is 0 Å². The normalized spacial score (nSPS) is 10.4. The van der Waals surface area contributed by atoms with Crippen LogP contribution in [0.2, 0.25) is 0 Å². The molecule has 4 nitrogen and oxygen atoms in total. The zero-order valence-corrected chi connectivity index (χ0v) is 11.5. The molecule has 0 N–H and O–H groups in total. The third kappa shape index (κ3) is 7.32. The van der Waals surface area contributed by atoms with Gasteiger partial charge < -0.3 is 4.79 Å². The van der Waals surface area contributed by atoms with Gasteiger partial charge in [0.25, 0.3) is 0 Å². The summed E-state index contributed by atoms with van der Waals surface area (Å²) in [6.45, 7) is 4.13. The number of aromatic nitrogens is 1. The van der Waals surface area contributed by atoms with E-state index in [9.17, 15) is 4.79 Å². The summed E-state index contributed by atoms with van der Waals surface area (Å²) in [5, 5.41) is 8.69. The van der Waals surface area contributed by atoms with Gasteiger partial charge in [-0.3, -0.25) is 9.88 Å². The van der Waals surface area contributed by atoms with Crippen LogP contribution >= 0.6 is 0 Å². The summed E-state index contributed by atoms with van der Waals surface area (Å²) < 4.78 is 0. The van der Waals surface area contributed by atoms with Crippen LogP contribution in [0.4, 0.5) is 0 Å². The van der Waals surface area contributed by atoms with Crippen LogP contribution in [0.5, 0.6) is 0 Å². The molecule has 0 amide bonds. The summed E-state index contributed by atoms with van der Waals surface area (Å²) in [5.74, 6) is 0.246. The number of carbonyl (C=O) groups is 1. The Morgan fingerprint density at radius 3 is 2.89 bits per heavy atom. The molecule has 102 valence electrons. The number of nitrogens with zero attached hydrogens (tertiary/aromatic N) is 3. The molecule has 0 spiro atoms. The molecule has 4 heteroatoms. The minimum Gasteiger partial charge on any atom is -0.300 e. The summed E-state index contributed by atoms with van der Waals surface area (Å²) in [6, 6.07) is 6.15. The molecule has 1 rings (SSSR count). The topological polar surface area (TPSA) is 57.0 Å². The van der Waals surface area contributed by atoms with E-state index in [1.54, 1.807) is 13.1 Å².